The second-order valence-electron chi connectivity index (χ2n) is 3.93. The van der Waals surface area contributed by atoms with Gasteiger partial charge in [-0.05, 0) is 24.3 Å². The fourth-order valence-electron chi connectivity index (χ4n) is 1.83. The third-order valence-electron chi connectivity index (χ3n) is 2.71. The fourth-order valence-corrected chi connectivity index (χ4v) is 1.83. The third kappa shape index (κ3) is 1.71. The summed E-state index contributed by atoms with van der Waals surface area (Å²) in [5.41, 5.74) is 2.37. The topological polar surface area (TPSA) is 81.2 Å². The number of H-pyrrole nitrogens is 1. The Kier molecular flexibility index (Phi) is 2.30. The number of phenolic OH excluding ortho intramolecular Hbond substituents is 2. The van der Waals surface area contributed by atoms with Crippen LogP contribution in [-0.2, 0) is 0 Å². The quantitative estimate of drug-likeness (QED) is 0.411. The zero-order chi connectivity index (χ0) is 12.5. The van der Waals surface area contributed by atoms with Gasteiger partial charge in [0.2, 0.25) is 0 Å². The lowest BCUT2D eigenvalue weighted by atomic mass is 10.2. The highest BCUT2D eigenvalue weighted by molar-refractivity contribution is 5.91. The highest BCUT2D eigenvalue weighted by atomic mass is 16.3. The van der Waals surface area contributed by atoms with E-state index in [2.05, 4.69) is 15.3 Å². The van der Waals surface area contributed by atoms with Gasteiger partial charge >= 0.3 is 0 Å². The van der Waals surface area contributed by atoms with Crippen molar-refractivity contribution in [2.75, 3.05) is 5.32 Å². The zero-order valence-corrected chi connectivity index (χ0v) is 9.38. The highest BCUT2D eigenvalue weighted by Gasteiger charge is 2.05. The van der Waals surface area contributed by atoms with E-state index in [4.69, 9.17) is 0 Å². The molecule has 0 amide bonds. The molecule has 0 spiro atoms. The zero-order valence-electron chi connectivity index (χ0n) is 9.38. The maximum atomic E-state index is 9.44. The van der Waals surface area contributed by atoms with Gasteiger partial charge in [-0.3, -0.25) is 0 Å². The molecule has 0 aliphatic heterocycles. The van der Waals surface area contributed by atoms with E-state index in [1.54, 1.807) is 12.3 Å². The predicted molar refractivity (Wildman–Crippen MR) is 69.1 cm³/mol. The molecule has 0 saturated heterocycles. The molecule has 90 valence electrons. The summed E-state index contributed by atoms with van der Waals surface area (Å²) in [6, 6.07) is 8.36. The maximum absolute atomic E-state index is 9.44. The largest absolute Gasteiger partial charge is 0.504 e. The van der Waals surface area contributed by atoms with Gasteiger partial charge in [0.25, 0.3) is 0 Å². The van der Waals surface area contributed by atoms with Gasteiger partial charge in [0.05, 0.1) is 5.69 Å². The van der Waals surface area contributed by atoms with Crippen molar-refractivity contribution in [3.63, 3.8) is 0 Å². The molecule has 4 N–H and O–H groups in total. The van der Waals surface area contributed by atoms with Gasteiger partial charge in [0, 0.05) is 29.5 Å². The van der Waals surface area contributed by atoms with Crippen LogP contribution in [0.4, 0.5) is 11.4 Å². The monoisotopic (exact) mass is 241 g/mol. The van der Waals surface area contributed by atoms with E-state index in [1.165, 1.54) is 12.1 Å². The van der Waals surface area contributed by atoms with Gasteiger partial charge in [-0.15, -0.1) is 0 Å². The molecule has 3 aromatic rings. The van der Waals surface area contributed by atoms with E-state index >= 15 is 0 Å². The lowest BCUT2D eigenvalue weighted by molar-refractivity contribution is 0.404. The van der Waals surface area contributed by atoms with Crippen LogP contribution in [0.3, 0.4) is 0 Å². The number of benzene rings is 1. The Balaban J connectivity index is 2.01. The van der Waals surface area contributed by atoms with Crippen molar-refractivity contribution >= 4 is 22.4 Å². The number of phenols is 2. The number of hydrogen-bond acceptors (Lipinski definition) is 4. The Labute approximate surface area is 103 Å². The van der Waals surface area contributed by atoms with Crippen molar-refractivity contribution in [1.29, 1.82) is 0 Å². The molecule has 1 aromatic carbocycles. The number of rotatable bonds is 2. The normalized spacial score (nSPS) is 10.7. The molecule has 3 rings (SSSR count). The minimum absolute atomic E-state index is 0.137. The Morgan fingerprint density at radius 1 is 1.06 bits per heavy atom. The van der Waals surface area contributed by atoms with Crippen LogP contribution in [-0.4, -0.2) is 20.2 Å². The number of anilines is 2. The van der Waals surface area contributed by atoms with Crippen LogP contribution >= 0.6 is 0 Å². The van der Waals surface area contributed by atoms with Gasteiger partial charge in [-0.25, -0.2) is 4.98 Å². The van der Waals surface area contributed by atoms with Crippen molar-refractivity contribution in [2.45, 2.75) is 0 Å². The minimum atomic E-state index is -0.153. The predicted octanol–water partition coefficient (Wildman–Crippen LogP) is 2.72. The van der Waals surface area contributed by atoms with Crippen LogP contribution in [0.2, 0.25) is 0 Å². The molecule has 0 aliphatic carbocycles. The Morgan fingerprint density at radius 2 is 1.94 bits per heavy atom. The molecule has 0 radical (unpaired) electrons. The lowest BCUT2D eigenvalue weighted by Crippen LogP contribution is -1.91. The average molecular weight is 241 g/mol. The van der Waals surface area contributed by atoms with Gasteiger partial charge in [0.1, 0.15) is 5.65 Å². The first kappa shape index (κ1) is 10.5. The van der Waals surface area contributed by atoms with Crippen LogP contribution < -0.4 is 5.32 Å². The molecule has 0 fully saturated rings. The molecule has 5 heteroatoms. The number of fused-ring (bicyclic) bond motifs is 1. The second-order valence-corrected chi connectivity index (χ2v) is 3.93. The van der Waals surface area contributed by atoms with Crippen molar-refractivity contribution in [3.8, 4) is 11.5 Å². The first-order valence-corrected chi connectivity index (χ1v) is 5.45. The molecular weight excluding hydrogens is 230 g/mol. The Bertz CT molecular complexity index is 706. The number of nitrogens with one attached hydrogen (secondary N) is 2. The van der Waals surface area contributed by atoms with E-state index in [0.717, 1.165) is 16.7 Å². The van der Waals surface area contributed by atoms with Crippen molar-refractivity contribution in [2.24, 2.45) is 0 Å². The Hall–Kier alpha value is -2.69. The number of aromatic nitrogens is 2. The van der Waals surface area contributed by atoms with Crippen LogP contribution in [0, 0.1) is 0 Å². The average Bonchev–Trinajstić information content (AvgIpc) is 2.83. The van der Waals surface area contributed by atoms with Crippen molar-refractivity contribution in [3.05, 3.63) is 42.7 Å². The summed E-state index contributed by atoms with van der Waals surface area (Å²) in [4.78, 5) is 7.22. The molecule has 18 heavy (non-hydrogen) atoms. The van der Waals surface area contributed by atoms with Gasteiger partial charge < -0.3 is 20.5 Å². The summed E-state index contributed by atoms with van der Waals surface area (Å²) in [5, 5.41) is 22.8. The minimum Gasteiger partial charge on any atom is -0.504 e. The fraction of sp³-hybridized carbons (Fsp3) is 0. The standard InChI is InChI=1S/C13H11N3O2/c17-11-2-1-8(7-12(11)18)16-10-4-6-15-13-9(10)3-5-14-13/h1-7,17-18H,(H2,14,15,16). The summed E-state index contributed by atoms with van der Waals surface area (Å²) in [6.07, 6.45) is 3.51. The molecule has 2 heterocycles. The molecular formula is C13H11N3O2. The molecule has 0 atom stereocenters. The Morgan fingerprint density at radius 3 is 2.78 bits per heavy atom. The molecule has 0 unspecified atom stereocenters. The van der Waals surface area contributed by atoms with Crippen LogP contribution in [0.15, 0.2) is 42.7 Å². The number of hydrogen-bond donors (Lipinski definition) is 4. The maximum Gasteiger partial charge on any atom is 0.159 e. The number of nitrogens with zero attached hydrogens (tertiary/aromatic N) is 1. The van der Waals surface area contributed by atoms with Crippen molar-refractivity contribution < 1.29 is 10.2 Å². The van der Waals surface area contributed by atoms with E-state index in [1.807, 2.05) is 18.3 Å². The van der Waals surface area contributed by atoms with E-state index in [-0.39, 0.29) is 11.5 Å². The smallest absolute Gasteiger partial charge is 0.159 e. The van der Waals surface area contributed by atoms with E-state index in [0.29, 0.717) is 5.69 Å². The lowest BCUT2D eigenvalue weighted by Gasteiger charge is -2.08. The number of pyridine rings is 1. The van der Waals surface area contributed by atoms with E-state index in [9.17, 15) is 10.2 Å². The molecule has 0 bridgehead atoms. The molecule has 0 saturated carbocycles. The second kappa shape index (κ2) is 3.96. The van der Waals surface area contributed by atoms with Crippen molar-refractivity contribution in [1.82, 2.24) is 9.97 Å². The first-order chi connectivity index (χ1) is 8.74. The summed E-state index contributed by atoms with van der Waals surface area (Å²) >= 11 is 0. The summed E-state index contributed by atoms with van der Waals surface area (Å²) in [6.45, 7) is 0. The summed E-state index contributed by atoms with van der Waals surface area (Å²) in [5.74, 6) is -0.290. The van der Waals surface area contributed by atoms with Gasteiger partial charge in [-0.2, -0.15) is 0 Å². The molecule has 2 aromatic heterocycles. The molecule has 0 aliphatic rings. The third-order valence-corrected chi connectivity index (χ3v) is 2.71. The SMILES string of the molecule is Oc1ccc(Nc2ccnc3[nH]ccc23)cc1O. The summed E-state index contributed by atoms with van der Waals surface area (Å²) < 4.78 is 0. The number of aromatic hydroxyl groups is 2. The van der Waals surface area contributed by atoms with Crippen LogP contribution in [0.5, 0.6) is 11.5 Å². The van der Waals surface area contributed by atoms with Crippen LogP contribution in [0.25, 0.3) is 11.0 Å². The summed E-state index contributed by atoms with van der Waals surface area (Å²) in [7, 11) is 0. The van der Waals surface area contributed by atoms with Gasteiger partial charge in [-0.1, -0.05) is 0 Å². The number of aromatic amines is 1. The van der Waals surface area contributed by atoms with E-state index < -0.39 is 0 Å². The molecule has 5 nitrogen and oxygen atoms in total. The van der Waals surface area contributed by atoms with Gasteiger partial charge in [0.15, 0.2) is 11.5 Å². The first-order valence-electron chi connectivity index (χ1n) is 5.45. The van der Waals surface area contributed by atoms with Crippen LogP contribution in [0.1, 0.15) is 0 Å². The highest BCUT2D eigenvalue weighted by Crippen LogP contribution is 2.30.